The molecular formula is C32H29Cl2N3O5S. The van der Waals surface area contributed by atoms with Crippen molar-refractivity contribution in [1.82, 2.24) is 9.62 Å². The van der Waals surface area contributed by atoms with E-state index in [0.717, 1.165) is 15.4 Å². The van der Waals surface area contributed by atoms with Crippen LogP contribution < -0.4 is 15.0 Å². The number of amides is 2. The normalized spacial score (nSPS) is 14.6. The maximum absolute atomic E-state index is 13.9. The van der Waals surface area contributed by atoms with Crippen LogP contribution >= 0.6 is 23.2 Å². The summed E-state index contributed by atoms with van der Waals surface area (Å²) in [6.45, 7) is -0.291. The molecule has 4 aromatic carbocycles. The van der Waals surface area contributed by atoms with Gasteiger partial charge in [0.2, 0.25) is 15.9 Å². The van der Waals surface area contributed by atoms with Crippen molar-refractivity contribution in [2.75, 3.05) is 24.5 Å². The number of benzene rings is 4. The molecule has 1 atom stereocenters. The minimum atomic E-state index is -4.25. The third-order valence-corrected chi connectivity index (χ3v) is 9.55. The molecule has 1 aliphatic rings. The molecule has 0 fully saturated rings. The molecule has 11 heteroatoms. The van der Waals surface area contributed by atoms with E-state index >= 15 is 0 Å². The van der Waals surface area contributed by atoms with Gasteiger partial charge in [-0.1, -0.05) is 96.0 Å². The number of rotatable bonds is 10. The van der Waals surface area contributed by atoms with Crippen LogP contribution in [0.15, 0.2) is 108 Å². The van der Waals surface area contributed by atoms with Gasteiger partial charge in [0.1, 0.15) is 10.6 Å². The van der Waals surface area contributed by atoms with Crippen molar-refractivity contribution in [2.45, 2.75) is 24.0 Å². The Bertz CT molecular complexity index is 1700. The summed E-state index contributed by atoms with van der Waals surface area (Å²) in [5.41, 5.74) is 2.26. The minimum Gasteiger partial charge on any atom is -0.477 e. The van der Waals surface area contributed by atoms with E-state index in [1.54, 1.807) is 24.3 Å². The van der Waals surface area contributed by atoms with Crippen LogP contribution in [-0.2, 0) is 32.6 Å². The molecule has 0 bridgehead atoms. The molecule has 1 heterocycles. The molecule has 43 heavy (non-hydrogen) atoms. The second-order valence-electron chi connectivity index (χ2n) is 9.93. The fourth-order valence-electron chi connectivity index (χ4n) is 4.74. The number of nitrogens with one attached hydrogen (secondary N) is 1. The summed E-state index contributed by atoms with van der Waals surface area (Å²) in [6, 6.07) is 29.8. The summed E-state index contributed by atoms with van der Waals surface area (Å²) in [5.74, 6) is -0.569. The zero-order valence-corrected chi connectivity index (χ0v) is 25.4. The van der Waals surface area contributed by atoms with Crippen LogP contribution in [-0.4, -0.2) is 50.3 Å². The number of para-hydroxylation sites is 2. The van der Waals surface area contributed by atoms with Crippen molar-refractivity contribution in [2.24, 2.45) is 0 Å². The predicted molar refractivity (Wildman–Crippen MR) is 167 cm³/mol. The Morgan fingerprint density at radius 3 is 2.26 bits per heavy atom. The van der Waals surface area contributed by atoms with Gasteiger partial charge in [-0.25, -0.2) is 8.42 Å². The van der Waals surface area contributed by atoms with Gasteiger partial charge in [-0.2, -0.15) is 4.31 Å². The first-order chi connectivity index (χ1) is 20.7. The Kier molecular flexibility index (Phi) is 9.67. The van der Waals surface area contributed by atoms with Crippen LogP contribution in [0.4, 0.5) is 5.69 Å². The number of ether oxygens (including phenoxy) is 1. The van der Waals surface area contributed by atoms with Crippen molar-refractivity contribution in [1.29, 1.82) is 0 Å². The van der Waals surface area contributed by atoms with Crippen molar-refractivity contribution >= 4 is 50.7 Å². The fourth-order valence-corrected chi connectivity index (χ4v) is 6.87. The summed E-state index contributed by atoms with van der Waals surface area (Å²) in [5, 5.41) is 3.05. The lowest BCUT2D eigenvalue weighted by Gasteiger charge is -2.35. The van der Waals surface area contributed by atoms with E-state index < -0.39 is 34.5 Å². The Hall–Kier alpha value is -3.89. The SMILES string of the molecule is O=C(NCc1ccccc1)C1CN(C(=O)CN(CCc2ccccc2)S(=O)(=O)c2cc(Cl)ccc2Cl)c2ccccc2O1. The first-order valence-corrected chi connectivity index (χ1v) is 15.8. The van der Waals surface area contributed by atoms with Gasteiger partial charge in [0, 0.05) is 18.1 Å². The maximum Gasteiger partial charge on any atom is 0.263 e. The quantitative estimate of drug-likeness (QED) is 0.253. The molecule has 8 nitrogen and oxygen atoms in total. The number of sulfonamides is 1. The minimum absolute atomic E-state index is 0.00608. The molecule has 0 saturated heterocycles. The summed E-state index contributed by atoms with van der Waals surface area (Å²) in [6.07, 6.45) is -0.644. The first kappa shape index (κ1) is 30.6. The number of halogens is 2. The van der Waals surface area contributed by atoms with E-state index in [-0.39, 0.29) is 28.0 Å². The number of hydrogen-bond acceptors (Lipinski definition) is 5. The highest BCUT2D eigenvalue weighted by Gasteiger charge is 2.36. The molecule has 1 unspecified atom stereocenters. The molecule has 0 aromatic heterocycles. The van der Waals surface area contributed by atoms with Gasteiger partial charge in [-0.3, -0.25) is 9.59 Å². The Balaban J connectivity index is 1.40. The second kappa shape index (κ2) is 13.6. The lowest BCUT2D eigenvalue weighted by molar-refractivity contribution is -0.128. The summed E-state index contributed by atoms with van der Waals surface area (Å²) in [4.78, 5) is 28.3. The largest absolute Gasteiger partial charge is 0.477 e. The average molecular weight is 639 g/mol. The highest BCUT2D eigenvalue weighted by atomic mass is 35.5. The van der Waals surface area contributed by atoms with E-state index in [9.17, 15) is 18.0 Å². The van der Waals surface area contributed by atoms with Crippen molar-refractivity contribution < 1.29 is 22.7 Å². The van der Waals surface area contributed by atoms with E-state index in [0.29, 0.717) is 24.4 Å². The summed E-state index contributed by atoms with van der Waals surface area (Å²) in [7, 11) is -4.25. The molecule has 5 rings (SSSR count). The van der Waals surface area contributed by atoms with Gasteiger partial charge in [-0.05, 0) is 47.9 Å². The fraction of sp³-hybridized carbons (Fsp3) is 0.188. The standard InChI is InChI=1S/C32H29Cl2N3O5S/c33-25-15-16-26(34)30(19-25)43(40,41)36(18-17-23-9-3-1-4-10-23)22-31(38)37-21-29(42-28-14-8-7-13-27(28)37)32(39)35-20-24-11-5-2-6-12-24/h1-16,19,29H,17-18,20-22H2,(H,35,39). The molecule has 2 amide bonds. The van der Waals surface area contributed by atoms with Crippen molar-refractivity contribution in [3.63, 3.8) is 0 Å². The summed E-state index contributed by atoms with van der Waals surface area (Å²) >= 11 is 12.4. The van der Waals surface area contributed by atoms with E-state index in [4.69, 9.17) is 27.9 Å². The molecule has 0 aliphatic carbocycles. The summed E-state index contributed by atoms with van der Waals surface area (Å²) < 4.78 is 34.9. The van der Waals surface area contributed by atoms with Crippen LogP contribution in [0, 0.1) is 0 Å². The first-order valence-electron chi connectivity index (χ1n) is 13.6. The van der Waals surface area contributed by atoms with E-state index in [2.05, 4.69) is 5.32 Å². The Labute approximate surface area is 260 Å². The smallest absolute Gasteiger partial charge is 0.263 e. The van der Waals surface area contributed by atoms with Gasteiger partial charge in [0.05, 0.1) is 23.8 Å². The van der Waals surface area contributed by atoms with Gasteiger partial charge < -0.3 is 15.0 Å². The van der Waals surface area contributed by atoms with Crippen LogP contribution in [0.1, 0.15) is 11.1 Å². The number of hydrogen-bond donors (Lipinski definition) is 1. The molecule has 0 radical (unpaired) electrons. The van der Waals surface area contributed by atoms with Crippen LogP contribution in [0.2, 0.25) is 10.0 Å². The lowest BCUT2D eigenvalue weighted by atomic mass is 10.1. The van der Waals surface area contributed by atoms with Crippen molar-refractivity contribution in [3.8, 4) is 5.75 Å². The van der Waals surface area contributed by atoms with Crippen LogP contribution in [0.5, 0.6) is 5.75 Å². The topological polar surface area (TPSA) is 96.0 Å². The van der Waals surface area contributed by atoms with Gasteiger partial charge in [0.25, 0.3) is 5.91 Å². The zero-order chi connectivity index (χ0) is 30.4. The Morgan fingerprint density at radius 2 is 1.53 bits per heavy atom. The van der Waals surface area contributed by atoms with E-state index in [1.165, 1.54) is 23.1 Å². The molecule has 4 aromatic rings. The third kappa shape index (κ3) is 7.37. The number of carbonyl (C=O) groups excluding carboxylic acids is 2. The van der Waals surface area contributed by atoms with E-state index in [1.807, 2.05) is 60.7 Å². The van der Waals surface area contributed by atoms with Crippen molar-refractivity contribution in [3.05, 3.63) is 124 Å². The average Bonchev–Trinajstić information content (AvgIpc) is 3.03. The lowest BCUT2D eigenvalue weighted by Crippen LogP contribution is -2.53. The number of nitrogens with zero attached hydrogens (tertiary/aromatic N) is 2. The molecule has 0 spiro atoms. The van der Waals surface area contributed by atoms with Gasteiger partial charge in [-0.15, -0.1) is 0 Å². The maximum atomic E-state index is 13.9. The monoisotopic (exact) mass is 637 g/mol. The highest BCUT2D eigenvalue weighted by Crippen LogP contribution is 2.34. The predicted octanol–water partition coefficient (Wildman–Crippen LogP) is 5.34. The zero-order valence-electron chi connectivity index (χ0n) is 23.0. The van der Waals surface area contributed by atoms with Crippen LogP contribution in [0.3, 0.4) is 0 Å². The molecule has 1 aliphatic heterocycles. The number of carbonyl (C=O) groups is 2. The number of fused-ring (bicyclic) bond motifs is 1. The van der Waals surface area contributed by atoms with Gasteiger partial charge in [0.15, 0.2) is 6.10 Å². The Morgan fingerprint density at radius 1 is 0.884 bits per heavy atom. The molecular weight excluding hydrogens is 609 g/mol. The second-order valence-corrected chi connectivity index (χ2v) is 12.7. The number of anilines is 1. The van der Waals surface area contributed by atoms with Gasteiger partial charge >= 0.3 is 0 Å². The van der Waals surface area contributed by atoms with Crippen LogP contribution in [0.25, 0.3) is 0 Å². The molecule has 1 N–H and O–H groups in total. The molecule has 222 valence electrons. The molecule has 0 saturated carbocycles. The highest BCUT2D eigenvalue weighted by molar-refractivity contribution is 7.89. The third-order valence-electron chi connectivity index (χ3n) is 6.99.